The lowest BCUT2D eigenvalue weighted by Crippen LogP contribution is -2.46. The summed E-state index contributed by atoms with van der Waals surface area (Å²) in [6.45, 7) is -0.153. The van der Waals surface area contributed by atoms with Crippen LogP contribution in [0.4, 0.5) is 4.39 Å². The first kappa shape index (κ1) is 18.8. The Bertz CT molecular complexity index is 858. The molecule has 0 spiro atoms. The van der Waals surface area contributed by atoms with Crippen LogP contribution in [0.5, 0.6) is 0 Å². The highest BCUT2D eigenvalue weighted by atomic mass is 32.1. The van der Waals surface area contributed by atoms with Crippen LogP contribution in [0.1, 0.15) is 16.9 Å². The van der Waals surface area contributed by atoms with E-state index in [0.29, 0.717) is 11.1 Å². The summed E-state index contributed by atoms with van der Waals surface area (Å²) >= 11 is 1.39. The second-order valence-electron chi connectivity index (χ2n) is 5.84. The van der Waals surface area contributed by atoms with Crippen molar-refractivity contribution in [3.05, 3.63) is 82.2 Å². The van der Waals surface area contributed by atoms with E-state index in [2.05, 4.69) is 10.6 Å². The summed E-state index contributed by atoms with van der Waals surface area (Å²) in [5.41, 5.74) is -0.381. The number of amides is 2. The van der Waals surface area contributed by atoms with Crippen LogP contribution in [0.15, 0.2) is 63.9 Å². The molecule has 8 heteroatoms. The monoisotopic (exact) mass is 388 g/mol. The van der Waals surface area contributed by atoms with Gasteiger partial charge in [0, 0.05) is 12.1 Å². The lowest BCUT2D eigenvalue weighted by molar-refractivity contribution is -0.139. The summed E-state index contributed by atoms with van der Waals surface area (Å²) < 4.78 is 18.2. The quantitative estimate of drug-likeness (QED) is 0.564. The molecule has 1 aromatic carbocycles. The van der Waals surface area contributed by atoms with Crippen LogP contribution in [0.2, 0.25) is 0 Å². The fourth-order valence-corrected chi connectivity index (χ4v) is 3.22. The molecule has 0 aliphatic carbocycles. The first-order chi connectivity index (χ1) is 13.0. The van der Waals surface area contributed by atoms with Gasteiger partial charge < -0.3 is 20.2 Å². The van der Waals surface area contributed by atoms with E-state index in [1.54, 1.807) is 29.0 Å². The molecule has 6 nitrogen and oxygen atoms in total. The summed E-state index contributed by atoms with van der Waals surface area (Å²) in [5, 5.41) is 19.4. The second kappa shape index (κ2) is 8.15. The van der Waals surface area contributed by atoms with E-state index in [1.807, 2.05) is 0 Å². The Morgan fingerprint density at radius 3 is 2.48 bits per heavy atom. The SMILES string of the molecule is O=C(NCc1ccc(F)cc1)C(=O)NC[C@@](O)(c1ccsc1)c1ccco1. The Hall–Kier alpha value is -2.97. The molecule has 3 rings (SSSR count). The molecule has 2 aromatic heterocycles. The first-order valence-electron chi connectivity index (χ1n) is 8.08. The molecular formula is C19H17FN2O4S. The molecule has 3 aromatic rings. The van der Waals surface area contributed by atoms with E-state index in [9.17, 15) is 19.1 Å². The molecule has 1 atom stereocenters. The van der Waals surface area contributed by atoms with E-state index in [0.717, 1.165) is 0 Å². The summed E-state index contributed by atoms with van der Waals surface area (Å²) in [6.07, 6.45) is 1.42. The van der Waals surface area contributed by atoms with Crippen LogP contribution in [-0.4, -0.2) is 23.5 Å². The van der Waals surface area contributed by atoms with Gasteiger partial charge in [0.1, 0.15) is 11.6 Å². The Morgan fingerprint density at radius 1 is 1.11 bits per heavy atom. The first-order valence-corrected chi connectivity index (χ1v) is 9.03. The van der Waals surface area contributed by atoms with Crippen molar-refractivity contribution in [1.82, 2.24) is 10.6 Å². The number of carbonyl (C=O) groups is 2. The van der Waals surface area contributed by atoms with Crippen molar-refractivity contribution >= 4 is 23.2 Å². The van der Waals surface area contributed by atoms with Crippen molar-refractivity contribution in [1.29, 1.82) is 0 Å². The Labute approximate surface area is 158 Å². The lowest BCUT2D eigenvalue weighted by Gasteiger charge is -2.25. The van der Waals surface area contributed by atoms with Gasteiger partial charge in [0.25, 0.3) is 0 Å². The number of nitrogens with one attached hydrogen (secondary N) is 2. The number of carbonyl (C=O) groups excluding carboxylic acids is 2. The third kappa shape index (κ3) is 4.42. The predicted octanol–water partition coefficient (Wildman–Crippen LogP) is 2.15. The highest BCUT2D eigenvalue weighted by Crippen LogP contribution is 2.30. The van der Waals surface area contributed by atoms with E-state index < -0.39 is 17.4 Å². The Kier molecular flexibility index (Phi) is 5.68. The van der Waals surface area contributed by atoms with E-state index >= 15 is 0 Å². The zero-order valence-corrected chi connectivity index (χ0v) is 15.0. The highest BCUT2D eigenvalue weighted by Gasteiger charge is 2.36. The molecule has 3 N–H and O–H groups in total. The van der Waals surface area contributed by atoms with Crippen LogP contribution in [0.3, 0.4) is 0 Å². The average molecular weight is 388 g/mol. The van der Waals surface area contributed by atoms with E-state index in [-0.39, 0.29) is 24.7 Å². The van der Waals surface area contributed by atoms with Crippen LogP contribution in [-0.2, 0) is 21.7 Å². The predicted molar refractivity (Wildman–Crippen MR) is 97.3 cm³/mol. The molecule has 0 fully saturated rings. The molecule has 0 bridgehead atoms. The van der Waals surface area contributed by atoms with Crippen molar-refractivity contribution in [3.63, 3.8) is 0 Å². The number of furan rings is 1. The maximum absolute atomic E-state index is 12.9. The van der Waals surface area contributed by atoms with Crippen LogP contribution in [0.25, 0.3) is 0 Å². The van der Waals surface area contributed by atoms with Crippen molar-refractivity contribution in [3.8, 4) is 0 Å². The number of halogens is 1. The molecule has 0 saturated carbocycles. The Balaban J connectivity index is 1.61. The van der Waals surface area contributed by atoms with Gasteiger partial charge in [-0.05, 0) is 46.7 Å². The molecule has 140 valence electrons. The van der Waals surface area contributed by atoms with Gasteiger partial charge >= 0.3 is 11.8 Å². The molecule has 2 heterocycles. The van der Waals surface area contributed by atoms with Gasteiger partial charge in [-0.25, -0.2) is 4.39 Å². The minimum absolute atomic E-state index is 0.0829. The normalized spacial score (nSPS) is 13.0. The van der Waals surface area contributed by atoms with Crippen molar-refractivity contribution in [2.45, 2.75) is 12.1 Å². The smallest absolute Gasteiger partial charge is 0.309 e. The lowest BCUT2D eigenvalue weighted by atomic mass is 9.93. The summed E-state index contributed by atoms with van der Waals surface area (Å²) in [5.74, 6) is -1.87. The highest BCUT2D eigenvalue weighted by molar-refractivity contribution is 7.08. The van der Waals surface area contributed by atoms with Crippen LogP contribution in [0, 0.1) is 5.82 Å². The minimum Gasteiger partial charge on any atom is -0.466 e. The number of rotatable bonds is 6. The second-order valence-corrected chi connectivity index (χ2v) is 6.62. The van der Waals surface area contributed by atoms with Gasteiger partial charge in [0.2, 0.25) is 0 Å². The summed E-state index contributed by atoms with van der Waals surface area (Å²) in [6, 6.07) is 10.5. The minimum atomic E-state index is -1.59. The van der Waals surface area contributed by atoms with Crippen molar-refractivity contribution in [2.75, 3.05) is 6.54 Å². The summed E-state index contributed by atoms with van der Waals surface area (Å²) in [7, 11) is 0. The molecule has 0 saturated heterocycles. The Morgan fingerprint density at radius 2 is 1.85 bits per heavy atom. The van der Waals surface area contributed by atoms with Crippen LogP contribution < -0.4 is 10.6 Å². The summed E-state index contributed by atoms with van der Waals surface area (Å²) in [4.78, 5) is 24.1. The van der Waals surface area contributed by atoms with E-state index in [1.165, 1.54) is 41.9 Å². The van der Waals surface area contributed by atoms with Crippen molar-refractivity contribution < 1.29 is 23.5 Å². The molecule has 0 radical (unpaired) electrons. The number of benzene rings is 1. The maximum atomic E-state index is 12.9. The largest absolute Gasteiger partial charge is 0.466 e. The standard InChI is InChI=1S/C19H17FN2O4S/c20-15-5-3-13(4-6-15)10-21-17(23)18(24)22-12-19(25,14-7-9-27-11-14)16-2-1-8-26-16/h1-9,11,25H,10,12H2,(H,21,23)(H,22,24)/t19-/m1/s1. The number of thiophene rings is 1. The number of aliphatic hydroxyl groups is 1. The molecule has 0 aliphatic heterocycles. The molecule has 2 amide bonds. The van der Waals surface area contributed by atoms with Gasteiger partial charge in [0.15, 0.2) is 5.60 Å². The molecule has 0 unspecified atom stereocenters. The van der Waals surface area contributed by atoms with Gasteiger partial charge in [-0.15, -0.1) is 0 Å². The van der Waals surface area contributed by atoms with Gasteiger partial charge in [-0.1, -0.05) is 12.1 Å². The molecule has 27 heavy (non-hydrogen) atoms. The zero-order valence-electron chi connectivity index (χ0n) is 14.1. The van der Waals surface area contributed by atoms with Gasteiger partial charge in [-0.2, -0.15) is 11.3 Å². The number of hydrogen-bond acceptors (Lipinski definition) is 5. The van der Waals surface area contributed by atoms with Crippen LogP contribution >= 0.6 is 11.3 Å². The molecule has 0 aliphatic rings. The molecular weight excluding hydrogens is 371 g/mol. The number of hydrogen-bond donors (Lipinski definition) is 3. The van der Waals surface area contributed by atoms with Gasteiger partial charge in [0.05, 0.1) is 12.8 Å². The van der Waals surface area contributed by atoms with Crippen molar-refractivity contribution in [2.24, 2.45) is 0 Å². The van der Waals surface area contributed by atoms with E-state index in [4.69, 9.17) is 4.42 Å². The average Bonchev–Trinajstić information content (AvgIpc) is 3.39. The maximum Gasteiger partial charge on any atom is 0.309 e. The fraction of sp³-hybridized carbons (Fsp3) is 0.158. The zero-order chi connectivity index (χ0) is 19.3. The third-order valence-electron chi connectivity index (χ3n) is 4.00. The fourth-order valence-electron chi connectivity index (χ4n) is 2.50. The van der Waals surface area contributed by atoms with Gasteiger partial charge in [-0.3, -0.25) is 9.59 Å². The topological polar surface area (TPSA) is 91.6 Å². The third-order valence-corrected chi connectivity index (χ3v) is 4.69.